The summed E-state index contributed by atoms with van der Waals surface area (Å²) in [5.74, 6) is 0.463. The van der Waals surface area contributed by atoms with Crippen molar-refractivity contribution < 1.29 is 27.4 Å². The van der Waals surface area contributed by atoms with Crippen molar-refractivity contribution >= 4 is 6.09 Å². The van der Waals surface area contributed by atoms with E-state index in [1.165, 1.54) is 6.07 Å². The molecule has 0 aromatic heterocycles. The van der Waals surface area contributed by atoms with Crippen LogP contribution in [0.15, 0.2) is 42.5 Å². The third-order valence-corrected chi connectivity index (χ3v) is 4.36. The zero-order chi connectivity index (χ0) is 19.1. The van der Waals surface area contributed by atoms with Crippen molar-refractivity contribution in [2.24, 2.45) is 11.1 Å². The number of carbonyl (C=O) groups excluding carboxylic acids is 1. The summed E-state index contributed by atoms with van der Waals surface area (Å²) in [4.78, 5) is 11.2. The lowest BCUT2D eigenvalue weighted by molar-refractivity contribution is -0.137. The fourth-order valence-corrected chi connectivity index (χ4v) is 3.03. The molecule has 1 unspecified atom stereocenters. The molecule has 0 radical (unpaired) electrons. The number of hydrogen-bond acceptors (Lipinski definition) is 3. The molecule has 2 aromatic carbocycles. The average molecular weight is 365 g/mol. The highest BCUT2D eigenvalue weighted by Gasteiger charge is 2.40. The van der Waals surface area contributed by atoms with Gasteiger partial charge in [0.05, 0.1) is 12.2 Å². The van der Waals surface area contributed by atoms with Gasteiger partial charge in [0.15, 0.2) is 0 Å². The summed E-state index contributed by atoms with van der Waals surface area (Å²) in [6.07, 6.45) is -5.90. The Morgan fingerprint density at radius 2 is 1.88 bits per heavy atom. The van der Waals surface area contributed by atoms with Crippen LogP contribution in [0.3, 0.4) is 0 Å². The van der Waals surface area contributed by atoms with Crippen LogP contribution in [0.25, 0.3) is 11.1 Å². The number of halogens is 3. The molecule has 1 amide bonds. The molecule has 138 valence electrons. The summed E-state index contributed by atoms with van der Waals surface area (Å²) < 4.78 is 49.8. The minimum atomic E-state index is -4.41. The van der Waals surface area contributed by atoms with E-state index >= 15 is 0 Å². The van der Waals surface area contributed by atoms with Crippen molar-refractivity contribution in [3.05, 3.63) is 53.6 Å². The first-order valence-electron chi connectivity index (χ1n) is 7.98. The normalized spacial score (nSPS) is 18.6. The number of benzene rings is 2. The predicted octanol–water partition coefficient (Wildman–Crippen LogP) is 4.93. The third kappa shape index (κ3) is 3.47. The molecule has 1 heterocycles. The smallest absolute Gasteiger partial charge is 0.416 e. The first kappa shape index (κ1) is 18.1. The number of amides is 1. The molecular formula is C19H18F3NO3. The van der Waals surface area contributed by atoms with E-state index in [0.29, 0.717) is 22.4 Å². The molecule has 0 spiro atoms. The molecule has 0 saturated heterocycles. The van der Waals surface area contributed by atoms with E-state index in [-0.39, 0.29) is 6.61 Å². The summed E-state index contributed by atoms with van der Waals surface area (Å²) in [6.45, 7) is 4.04. The Bertz CT molecular complexity index is 846. The van der Waals surface area contributed by atoms with Gasteiger partial charge in [0.1, 0.15) is 11.9 Å². The number of nitrogens with two attached hydrogens (primary N) is 1. The molecule has 2 N–H and O–H groups in total. The van der Waals surface area contributed by atoms with Crippen LogP contribution < -0.4 is 10.5 Å². The Kier molecular flexibility index (Phi) is 4.34. The van der Waals surface area contributed by atoms with E-state index in [1.54, 1.807) is 24.3 Å². The monoisotopic (exact) mass is 365 g/mol. The lowest BCUT2D eigenvalue weighted by Gasteiger charge is -2.38. The molecule has 1 atom stereocenters. The number of primary amides is 1. The fraction of sp³-hybridized carbons (Fsp3) is 0.316. The molecule has 2 aromatic rings. The molecule has 3 rings (SSSR count). The summed E-state index contributed by atoms with van der Waals surface area (Å²) in [7, 11) is 0. The summed E-state index contributed by atoms with van der Waals surface area (Å²) in [6, 6.07) is 10.1. The molecule has 7 heteroatoms. The summed E-state index contributed by atoms with van der Waals surface area (Å²) in [5.41, 5.74) is 5.60. The molecule has 0 fully saturated rings. The lowest BCUT2D eigenvalue weighted by Crippen LogP contribution is -2.37. The van der Waals surface area contributed by atoms with E-state index in [4.69, 9.17) is 15.2 Å². The minimum absolute atomic E-state index is 0.282. The van der Waals surface area contributed by atoms with Crippen LogP contribution in [0.5, 0.6) is 5.75 Å². The first-order valence-corrected chi connectivity index (χ1v) is 7.98. The van der Waals surface area contributed by atoms with E-state index in [1.807, 2.05) is 13.8 Å². The van der Waals surface area contributed by atoms with Gasteiger partial charge in [-0.05, 0) is 29.3 Å². The maximum Gasteiger partial charge on any atom is 0.416 e. The molecule has 0 aliphatic carbocycles. The van der Waals surface area contributed by atoms with Gasteiger partial charge in [-0.15, -0.1) is 0 Å². The lowest BCUT2D eigenvalue weighted by atomic mass is 9.80. The average Bonchev–Trinajstić information content (AvgIpc) is 2.56. The van der Waals surface area contributed by atoms with Crippen LogP contribution in [-0.4, -0.2) is 12.7 Å². The highest BCUT2D eigenvalue weighted by molar-refractivity contribution is 5.68. The predicted molar refractivity (Wildman–Crippen MR) is 89.6 cm³/mol. The molecular weight excluding hydrogens is 347 g/mol. The number of fused-ring (bicyclic) bond motifs is 1. The summed E-state index contributed by atoms with van der Waals surface area (Å²) >= 11 is 0. The van der Waals surface area contributed by atoms with Gasteiger partial charge in [0.2, 0.25) is 0 Å². The van der Waals surface area contributed by atoms with Crippen LogP contribution in [-0.2, 0) is 10.9 Å². The van der Waals surface area contributed by atoms with Crippen molar-refractivity contribution in [3.63, 3.8) is 0 Å². The van der Waals surface area contributed by atoms with E-state index < -0.39 is 29.4 Å². The van der Waals surface area contributed by atoms with Crippen molar-refractivity contribution in [2.45, 2.75) is 26.1 Å². The zero-order valence-electron chi connectivity index (χ0n) is 14.3. The standard InChI is InChI=1S/C19H18F3NO3/c1-18(2)10-25-15-9-12(6-7-14(15)16(18)26-17(23)24)11-4-3-5-13(8-11)19(20,21)22/h3-9,16H,10H2,1-2H3,(H2,23,24). The fourth-order valence-electron chi connectivity index (χ4n) is 3.03. The number of alkyl halides is 3. The van der Waals surface area contributed by atoms with Crippen LogP contribution in [0.2, 0.25) is 0 Å². The van der Waals surface area contributed by atoms with Crippen molar-refractivity contribution in [2.75, 3.05) is 6.61 Å². The first-order chi connectivity index (χ1) is 12.1. The SMILES string of the molecule is CC1(C)COc2cc(-c3cccc(C(F)(F)F)c3)ccc2C1OC(N)=O. The van der Waals surface area contributed by atoms with Crippen molar-refractivity contribution in [1.82, 2.24) is 0 Å². The van der Waals surface area contributed by atoms with E-state index in [9.17, 15) is 18.0 Å². The van der Waals surface area contributed by atoms with Gasteiger partial charge in [-0.3, -0.25) is 0 Å². The van der Waals surface area contributed by atoms with Gasteiger partial charge in [-0.1, -0.05) is 38.1 Å². The topological polar surface area (TPSA) is 61.6 Å². The van der Waals surface area contributed by atoms with E-state index in [2.05, 4.69) is 0 Å². The van der Waals surface area contributed by atoms with Gasteiger partial charge in [-0.2, -0.15) is 13.2 Å². The van der Waals surface area contributed by atoms with Gasteiger partial charge in [0.25, 0.3) is 0 Å². The molecule has 0 saturated carbocycles. The van der Waals surface area contributed by atoms with Crippen LogP contribution in [0, 0.1) is 5.41 Å². The highest BCUT2D eigenvalue weighted by atomic mass is 19.4. The van der Waals surface area contributed by atoms with Crippen molar-refractivity contribution in [3.8, 4) is 16.9 Å². The second-order valence-electron chi connectivity index (χ2n) is 6.93. The molecule has 4 nitrogen and oxygen atoms in total. The number of ether oxygens (including phenoxy) is 2. The quantitative estimate of drug-likeness (QED) is 0.821. The Morgan fingerprint density at radius 3 is 2.54 bits per heavy atom. The van der Waals surface area contributed by atoms with Crippen molar-refractivity contribution in [1.29, 1.82) is 0 Å². The maximum absolute atomic E-state index is 12.9. The van der Waals surface area contributed by atoms with Gasteiger partial charge in [-0.25, -0.2) is 4.79 Å². The Hall–Kier alpha value is -2.70. The molecule has 1 aliphatic rings. The Morgan fingerprint density at radius 1 is 1.19 bits per heavy atom. The van der Waals surface area contributed by atoms with E-state index in [0.717, 1.165) is 12.1 Å². The zero-order valence-corrected chi connectivity index (χ0v) is 14.3. The highest BCUT2D eigenvalue weighted by Crippen LogP contribution is 2.46. The Balaban J connectivity index is 2.01. The second-order valence-corrected chi connectivity index (χ2v) is 6.93. The van der Waals surface area contributed by atoms with Gasteiger partial charge >= 0.3 is 12.3 Å². The largest absolute Gasteiger partial charge is 0.492 e. The molecule has 0 bridgehead atoms. The maximum atomic E-state index is 12.9. The van der Waals surface area contributed by atoms with Gasteiger partial charge in [0, 0.05) is 11.0 Å². The van der Waals surface area contributed by atoms with Crippen LogP contribution in [0.1, 0.15) is 31.1 Å². The Labute approximate surface area is 148 Å². The number of carbonyl (C=O) groups is 1. The second kappa shape index (κ2) is 6.23. The van der Waals surface area contributed by atoms with Crippen LogP contribution >= 0.6 is 0 Å². The van der Waals surface area contributed by atoms with Gasteiger partial charge < -0.3 is 15.2 Å². The summed E-state index contributed by atoms with van der Waals surface area (Å²) in [5, 5.41) is 0. The number of rotatable bonds is 2. The molecule has 26 heavy (non-hydrogen) atoms. The number of hydrogen-bond donors (Lipinski definition) is 1. The minimum Gasteiger partial charge on any atom is -0.492 e. The molecule has 1 aliphatic heterocycles. The van der Waals surface area contributed by atoms with Crippen LogP contribution in [0.4, 0.5) is 18.0 Å². The third-order valence-electron chi connectivity index (χ3n) is 4.36.